The third-order valence-electron chi connectivity index (χ3n) is 3.56. The van der Waals surface area contributed by atoms with Crippen molar-refractivity contribution >= 4 is 11.3 Å². The van der Waals surface area contributed by atoms with Crippen LogP contribution in [0.2, 0.25) is 0 Å². The van der Waals surface area contributed by atoms with Crippen LogP contribution in [0.25, 0.3) is 10.8 Å². The van der Waals surface area contributed by atoms with Gasteiger partial charge in [-0.1, -0.05) is 24.4 Å². The molecular formula is C12H16N4OS. The zero-order valence-corrected chi connectivity index (χ0v) is 11.2. The van der Waals surface area contributed by atoms with Crippen molar-refractivity contribution in [2.45, 2.75) is 44.6 Å². The molecule has 2 N–H and O–H groups in total. The molecule has 0 saturated heterocycles. The molecule has 2 aromatic rings. The third-order valence-corrected chi connectivity index (χ3v) is 4.47. The van der Waals surface area contributed by atoms with Crippen LogP contribution in [0.4, 0.5) is 0 Å². The molecule has 0 aromatic carbocycles. The minimum atomic E-state index is -0.404. The molecule has 2 aromatic heterocycles. The number of aromatic nitrogens is 3. The van der Waals surface area contributed by atoms with Crippen molar-refractivity contribution in [3.63, 3.8) is 0 Å². The molecule has 0 radical (unpaired) electrons. The standard InChI is InChI=1S/C12H16N4OS/c1-8-9(18-7-14-8)10-15-11(16-17-10)12(13)5-3-2-4-6-12/h7H,2-6,13H2,1H3. The Kier molecular flexibility index (Phi) is 2.91. The maximum absolute atomic E-state index is 6.39. The lowest BCUT2D eigenvalue weighted by molar-refractivity contribution is 0.275. The molecule has 2 heterocycles. The van der Waals surface area contributed by atoms with Gasteiger partial charge in [-0.2, -0.15) is 4.98 Å². The number of rotatable bonds is 2. The molecule has 0 amide bonds. The van der Waals surface area contributed by atoms with Crippen LogP contribution >= 0.6 is 11.3 Å². The summed E-state index contributed by atoms with van der Waals surface area (Å²) in [5, 5.41) is 4.08. The molecule has 18 heavy (non-hydrogen) atoms. The highest BCUT2D eigenvalue weighted by molar-refractivity contribution is 7.13. The van der Waals surface area contributed by atoms with Crippen LogP contribution in [-0.2, 0) is 5.54 Å². The van der Waals surface area contributed by atoms with Crippen molar-refractivity contribution in [2.75, 3.05) is 0 Å². The zero-order chi connectivity index (χ0) is 12.6. The van der Waals surface area contributed by atoms with E-state index in [1.807, 2.05) is 6.92 Å². The van der Waals surface area contributed by atoms with Crippen LogP contribution in [0.3, 0.4) is 0 Å². The lowest BCUT2D eigenvalue weighted by atomic mass is 9.82. The number of aryl methyl sites for hydroxylation is 1. The second-order valence-corrected chi connectivity index (χ2v) is 5.76. The molecule has 96 valence electrons. The fourth-order valence-electron chi connectivity index (χ4n) is 2.43. The minimum absolute atomic E-state index is 0.404. The van der Waals surface area contributed by atoms with E-state index in [2.05, 4.69) is 15.1 Å². The molecule has 0 unspecified atom stereocenters. The second kappa shape index (κ2) is 4.44. The van der Waals surface area contributed by atoms with E-state index in [-0.39, 0.29) is 0 Å². The topological polar surface area (TPSA) is 77.8 Å². The summed E-state index contributed by atoms with van der Waals surface area (Å²) < 4.78 is 5.34. The molecule has 1 aliphatic rings. The zero-order valence-electron chi connectivity index (χ0n) is 10.3. The summed E-state index contributed by atoms with van der Waals surface area (Å²) in [5.74, 6) is 1.19. The smallest absolute Gasteiger partial charge is 0.269 e. The van der Waals surface area contributed by atoms with E-state index in [0.717, 1.165) is 36.3 Å². The van der Waals surface area contributed by atoms with Crippen molar-refractivity contribution in [1.29, 1.82) is 0 Å². The second-order valence-electron chi connectivity index (χ2n) is 4.91. The van der Waals surface area contributed by atoms with Crippen LogP contribution in [0.15, 0.2) is 10.0 Å². The Morgan fingerprint density at radius 2 is 2.11 bits per heavy atom. The van der Waals surface area contributed by atoms with E-state index in [1.165, 1.54) is 17.8 Å². The van der Waals surface area contributed by atoms with Gasteiger partial charge in [0.05, 0.1) is 16.7 Å². The molecule has 1 aliphatic carbocycles. The lowest BCUT2D eigenvalue weighted by Gasteiger charge is -2.29. The number of nitrogens with two attached hydrogens (primary N) is 1. The first kappa shape index (κ1) is 11.8. The van der Waals surface area contributed by atoms with Gasteiger partial charge in [0.1, 0.15) is 4.88 Å². The molecule has 3 rings (SSSR count). The lowest BCUT2D eigenvalue weighted by Crippen LogP contribution is -2.39. The van der Waals surface area contributed by atoms with Gasteiger partial charge in [0.15, 0.2) is 5.82 Å². The van der Waals surface area contributed by atoms with Gasteiger partial charge in [-0.25, -0.2) is 4.98 Å². The normalized spacial score (nSPS) is 19.0. The summed E-state index contributed by atoms with van der Waals surface area (Å²) in [5.41, 5.74) is 8.69. The monoisotopic (exact) mass is 264 g/mol. The fraction of sp³-hybridized carbons (Fsp3) is 0.583. The van der Waals surface area contributed by atoms with Crippen LogP contribution in [-0.4, -0.2) is 15.1 Å². The average Bonchev–Trinajstić information content (AvgIpc) is 2.98. The van der Waals surface area contributed by atoms with Gasteiger partial charge in [-0.15, -0.1) is 11.3 Å². The van der Waals surface area contributed by atoms with Crippen molar-refractivity contribution < 1.29 is 4.52 Å². The Hall–Kier alpha value is -1.27. The number of hydrogen-bond acceptors (Lipinski definition) is 6. The largest absolute Gasteiger partial charge is 0.333 e. The summed E-state index contributed by atoms with van der Waals surface area (Å²) in [4.78, 5) is 9.61. The van der Waals surface area contributed by atoms with Gasteiger partial charge in [0.25, 0.3) is 5.89 Å². The predicted molar refractivity (Wildman–Crippen MR) is 69.1 cm³/mol. The SMILES string of the molecule is Cc1ncsc1-c1nc(C2(N)CCCCC2)no1. The van der Waals surface area contributed by atoms with Gasteiger partial charge >= 0.3 is 0 Å². The van der Waals surface area contributed by atoms with E-state index in [0.29, 0.717) is 11.7 Å². The summed E-state index contributed by atoms with van der Waals surface area (Å²) in [6.07, 6.45) is 5.40. The number of thiazole rings is 1. The van der Waals surface area contributed by atoms with Crippen molar-refractivity contribution in [2.24, 2.45) is 5.73 Å². The number of nitrogens with zero attached hydrogens (tertiary/aromatic N) is 3. The van der Waals surface area contributed by atoms with E-state index < -0.39 is 5.54 Å². The highest BCUT2D eigenvalue weighted by Gasteiger charge is 2.34. The van der Waals surface area contributed by atoms with Crippen LogP contribution in [0.5, 0.6) is 0 Å². The Morgan fingerprint density at radius 1 is 1.33 bits per heavy atom. The summed E-state index contributed by atoms with van der Waals surface area (Å²) in [7, 11) is 0. The highest BCUT2D eigenvalue weighted by Crippen LogP contribution is 2.34. The van der Waals surface area contributed by atoms with E-state index >= 15 is 0 Å². The number of hydrogen-bond donors (Lipinski definition) is 1. The fourth-order valence-corrected chi connectivity index (χ4v) is 3.15. The van der Waals surface area contributed by atoms with Gasteiger partial charge in [-0.05, 0) is 19.8 Å². The Morgan fingerprint density at radius 3 is 2.78 bits per heavy atom. The van der Waals surface area contributed by atoms with Crippen molar-refractivity contribution in [1.82, 2.24) is 15.1 Å². The Balaban J connectivity index is 1.92. The van der Waals surface area contributed by atoms with Gasteiger partial charge < -0.3 is 10.3 Å². The van der Waals surface area contributed by atoms with Crippen LogP contribution < -0.4 is 5.73 Å². The first-order valence-electron chi connectivity index (χ1n) is 6.22. The average molecular weight is 264 g/mol. The van der Waals surface area contributed by atoms with Gasteiger partial charge in [-0.3, -0.25) is 0 Å². The molecule has 0 bridgehead atoms. The van der Waals surface area contributed by atoms with Crippen molar-refractivity contribution in [3.05, 3.63) is 17.0 Å². The molecule has 1 fully saturated rings. The minimum Gasteiger partial charge on any atom is -0.333 e. The van der Waals surface area contributed by atoms with Gasteiger partial charge in [0.2, 0.25) is 0 Å². The quantitative estimate of drug-likeness (QED) is 0.902. The Labute approximate surface area is 109 Å². The van der Waals surface area contributed by atoms with Gasteiger partial charge in [0, 0.05) is 0 Å². The maximum Gasteiger partial charge on any atom is 0.269 e. The van der Waals surface area contributed by atoms with Crippen LogP contribution in [0.1, 0.15) is 43.6 Å². The van der Waals surface area contributed by atoms with Crippen molar-refractivity contribution in [3.8, 4) is 10.8 Å². The first-order valence-corrected chi connectivity index (χ1v) is 7.10. The molecule has 6 heteroatoms. The summed E-state index contributed by atoms with van der Waals surface area (Å²) >= 11 is 1.51. The summed E-state index contributed by atoms with van der Waals surface area (Å²) in [6, 6.07) is 0. The highest BCUT2D eigenvalue weighted by atomic mass is 32.1. The van der Waals surface area contributed by atoms with Crippen LogP contribution in [0, 0.1) is 6.92 Å². The molecule has 0 spiro atoms. The summed E-state index contributed by atoms with van der Waals surface area (Å²) in [6.45, 7) is 1.94. The third kappa shape index (κ3) is 1.95. The van der Waals surface area contributed by atoms with E-state index in [4.69, 9.17) is 10.3 Å². The predicted octanol–water partition coefficient (Wildman–Crippen LogP) is 2.62. The maximum atomic E-state index is 6.39. The van der Waals surface area contributed by atoms with E-state index in [1.54, 1.807) is 5.51 Å². The molecule has 0 atom stereocenters. The molecule has 5 nitrogen and oxygen atoms in total. The van der Waals surface area contributed by atoms with E-state index in [9.17, 15) is 0 Å². The molecular weight excluding hydrogens is 248 g/mol. The molecule has 1 saturated carbocycles. The molecule has 0 aliphatic heterocycles. The Bertz CT molecular complexity index is 542. The first-order chi connectivity index (χ1) is 8.69.